The van der Waals surface area contributed by atoms with Crippen LogP contribution in [0.1, 0.15) is 49.6 Å². The molecule has 2 unspecified atom stereocenters. The van der Waals surface area contributed by atoms with Gasteiger partial charge in [0.25, 0.3) is 11.8 Å². The molecule has 0 aliphatic rings. The van der Waals surface area contributed by atoms with E-state index in [0.29, 0.717) is 11.5 Å². The molecule has 0 saturated heterocycles. The highest BCUT2D eigenvalue weighted by atomic mass is 32.2. The highest BCUT2D eigenvalue weighted by Gasteiger charge is 2.41. The lowest BCUT2D eigenvalue weighted by molar-refractivity contribution is -0.136. The molecule has 0 saturated carbocycles. The summed E-state index contributed by atoms with van der Waals surface area (Å²) in [7, 11) is -1.59. The van der Waals surface area contributed by atoms with Crippen LogP contribution in [-0.2, 0) is 19.4 Å². The maximum absolute atomic E-state index is 14.0. The third kappa shape index (κ3) is 6.93. The van der Waals surface area contributed by atoms with E-state index in [1.807, 2.05) is 0 Å². The number of nitrogens with one attached hydrogen (secondary N) is 2. The molecule has 0 heterocycles. The van der Waals surface area contributed by atoms with Crippen LogP contribution in [0.5, 0.6) is 11.5 Å². The summed E-state index contributed by atoms with van der Waals surface area (Å²) in [5, 5.41) is 21.7. The number of carbonyl (C=O) groups excluding carboxylic acids is 2. The molecule has 2 atom stereocenters. The molecule has 35 heavy (non-hydrogen) atoms. The first kappa shape index (κ1) is 28.1. The first-order valence-corrected chi connectivity index (χ1v) is 12.3. The minimum atomic E-state index is -4.49. The molecular formula is C24H32N2O8S. The highest BCUT2D eigenvalue weighted by Crippen LogP contribution is 2.33. The van der Waals surface area contributed by atoms with Crippen LogP contribution in [0.15, 0.2) is 48.5 Å². The summed E-state index contributed by atoms with van der Waals surface area (Å²) in [6.45, 7) is 4.88. The van der Waals surface area contributed by atoms with E-state index in [1.165, 1.54) is 90.4 Å². The molecule has 0 spiro atoms. The number of aliphatic hydroxyl groups is 2. The summed E-state index contributed by atoms with van der Waals surface area (Å²) in [6.07, 6.45) is 0. The van der Waals surface area contributed by atoms with E-state index < -0.39 is 43.6 Å². The molecule has 2 aromatic carbocycles. The van der Waals surface area contributed by atoms with Gasteiger partial charge in [-0.1, -0.05) is 24.3 Å². The molecule has 4 N–H and O–H groups in total. The molecule has 0 aliphatic carbocycles. The van der Waals surface area contributed by atoms with Crippen molar-refractivity contribution in [2.45, 2.75) is 49.6 Å². The van der Waals surface area contributed by atoms with Gasteiger partial charge in [0.2, 0.25) is 9.84 Å². The van der Waals surface area contributed by atoms with E-state index in [1.54, 1.807) is 0 Å². The Kier molecular flexibility index (Phi) is 8.53. The van der Waals surface area contributed by atoms with Gasteiger partial charge in [-0.3, -0.25) is 9.59 Å². The van der Waals surface area contributed by atoms with Crippen molar-refractivity contribution < 1.29 is 37.7 Å². The molecular weight excluding hydrogens is 476 g/mol. The molecule has 0 aromatic heterocycles. The lowest BCUT2D eigenvalue weighted by Gasteiger charge is -2.30. The number of sulfone groups is 1. The number of benzene rings is 2. The molecule has 2 aromatic rings. The minimum absolute atomic E-state index is 0.166. The minimum Gasteiger partial charge on any atom is -0.497 e. The number of amides is 2. The maximum Gasteiger partial charge on any atom is 0.252 e. The molecule has 192 valence electrons. The fraction of sp³-hybridized carbons (Fsp3) is 0.417. The number of rotatable bonds is 10. The molecule has 2 rings (SSSR count). The van der Waals surface area contributed by atoms with Crippen molar-refractivity contribution in [3.8, 4) is 11.5 Å². The summed E-state index contributed by atoms with van der Waals surface area (Å²) >= 11 is 0. The first-order chi connectivity index (χ1) is 16.1. The Morgan fingerprint density at radius 1 is 0.714 bits per heavy atom. The smallest absolute Gasteiger partial charge is 0.252 e. The standard InChI is InChI=1S/C24H32N2O8S/c1-23(2,29)21(27)25-19(15-7-11-17(33-5)12-8-15)35(31,32)20(26-22(28)24(3,4)30)16-9-13-18(34-6)14-10-16/h7-14,19-20,29-30H,1-6H3,(H,25,27)(H,26,28). The van der Waals surface area contributed by atoms with Gasteiger partial charge in [-0.25, -0.2) is 8.42 Å². The van der Waals surface area contributed by atoms with Crippen LogP contribution in [-0.4, -0.2) is 55.9 Å². The van der Waals surface area contributed by atoms with Gasteiger partial charge in [0.1, 0.15) is 22.7 Å². The van der Waals surface area contributed by atoms with E-state index in [9.17, 15) is 28.2 Å². The van der Waals surface area contributed by atoms with Crippen LogP contribution >= 0.6 is 0 Å². The summed E-state index contributed by atoms with van der Waals surface area (Å²) in [5.74, 6) is -0.963. The maximum atomic E-state index is 14.0. The van der Waals surface area contributed by atoms with Crippen molar-refractivity contribution in [1.29, 1.82) is 0 Å². The second kappa shape index (κ2) is 10.6. The van der Waals surface area contributed by atoms with Crippen LogP contribution in [0.2, 0.25) is 0 Å². The van der Waals surface area contributed by atoms with Crippen LogP contribution < -0.4 is 20.1 Å². The van der Waals surface area contributed by atoms with E-state index in [4.69, 9.17) is 9.47 Å². The Hall–Kier alpha value is -3.15. The SMILES string of the molecule is COc1ccc(C(NC(=O)C(C)(C)O)S(=O)(=O)C(NC(=O)C(C)(C)O)c2ccc(OC)cc2)cc1. The van der Waals surface area contributed by atoms with Gasteiger partial charge in [0, 0.05) is 0 Å². The van der Waals surface area contributed by atoms with Crippen molar-refractivity contribution in [2.75, 3.05) is 14.2 Å². The number of ether oxygens (including phenoxy) is 2. The van der Waals surface area contributed by atoms with Crippen molar-refractivity contribution >= 4 is 21.7 Å². The van der Waals surface area contributed by atoms with Crippen LogP contribution in [0.25, 0.3) is 0 Å². The lowest BCUT2D eigenvalue weighted by atomic mass is 10.1. The fourth-order valence-electron chi connectivity index (χ4n) is 3.00. The Labute approximate surface area is 205 Å². The zero-order valence-electron chi connectivity index (χ0n) is 20.5. The largest absolute Gasteiger partial charge is 0.497 e. The Morgan fingerprint density at radius 3 is 1.23 bits per heavy atom. The van der Waals surface area contributed by atoms with E-state index in [0.717, 1.165) is 0 Å². The topological polar surface area (TPSA) is 151 Å². The molecule has 0 bridgehead atoms. The lowest BCUT2D eigenvalue weighted by Crippen LogP contribution is -2.50. The second-order valence-corrected chi connectivity index (χ2v) is 11.1. The Bertz CT molecular complexity index is 1050. The zero-order valence-corrected chi connectivity index (χ0v) is 21.3. The average Bonchev–Trinajstić information content (AvgIpc) is 2.79. The second-order valence-electron chi connectivity index (χ2n) is 8.96. The predicted octanol–water partition coefficient (Wildman–Crippen LogP) is 1.59. The molecule has 2 amide bonds. The number of methoxy groups -OCH3 is 2. The number of carbonyl (C=O) groups is 2. The molecule has 0 aliphatic heterocycles. The van der Waals surface area contributed by atoms with E-state index >= 15 is 0 Å². The zero-order chi connectivity index (χ0) is 26.6. The molecule has 0 fully saturated rings. The van der Waals surface area contributed by atoms with E-state index in [-0.39, 0.29) is 11.1 Å². The normalized spacial score (nSPS) is 13.9. The van der Waals surface area contributed by atoms with Gasteiger partial charge < -0.3 is 30.3 Å². The Balaban J connectivity index is 2.67. The predicted molar refractivity (Wildman–Crippen MR) is 129 cm³/mol. The fourth-order valence-corrected chi connectivity index (χ4v) is 4.88. The Morgan fingerprint density at radius 2 is 1.00 bits per heavy atom. The summed E-state index contributed by atoms with van der Waals surface area (Å²) in [5.41, 5.74) is -3.43. The average molecular weight is 509 g/mol. The number of hydrogen-bond acceptors (Lipinski definition) is 8. The highest BCUT2D eigenvalue weighted by molar-refractivity contribution is 7.91. The molecule has 11 heteroatoms. The van der Waals surface area contributed by atoms with Gasteiger partial charge in [-0.05, 0) is 63.1 Å². The van der Waals surface area contributed by atoms with Crippen molar-refractivity contribution in [3.63, 3.8) is 0 Å². The van der Waals surface area contributed by atoms with Crippen molar-refractivity contribution in [1.82, 2.24) is 10.6 Å². The van der Waals surface area contributed by atoms with E-state index in [2.05, 4.69) is 10.6 Å². The van der Waals surface area contributed by atoms with Crippen LogP contribution in [0.4, 0.5) is 0 Å². The van der Waals surface area contributed by atoms with Gasteiger partial charge in [-0.2, -0.15) is 0 Å². The van der Waals surface area contributed by atoms with Gasteiger partial charge in [0.05, 0.1) is 14.2 Å². The third-order valence-corrected chi connectivity index (χ3v) is 7.22. The van der Waals surface area contributed by atoms with Gasteiger partial charge in [-0.15, -0.1) is 0 Å². The number of hydrogen-bond donors (Lipinski definition) is 4. The van der Waals surface area contributed by atoms with Gasteiger partial charge >= 0.3 is 0 Å². The third-order valence-electron chi connectivity index (χ3n) is 5.13. The summed E-state index contributed by atoms with van der Waals surface area (Å²) in [6, 6.07) is 11.9. The van der Waals surface area contributed by atoms with Crippen molar-refractivity contribution in [2.24, 2.45) is 0 Å². The molecule has 0 radical (unpaired) electrons. The van der Waals surface area contributed by atoms with Gasteiger partial charge in [0.15, 0.2) is 10.7 Å². The monoisotopic (exact) mass is 508 g/mol. The van der Waals surface area contributed by atoms with Crippen LogP contribution in [0, 0.1) is 0 Å². The van der Waals surface area contributed by atoms with Crippen LogP contribution in [0.3, 0.4) is 0 Å². The summed E-state index contributed by atoms with van der Waals surface area (Å²) in [4.78, 5) is 25.3. The quantitative estimate of drug-likeness (QED) is 0.378. The first-order valence-electron chi connectivity index (χ1n) is 10.7. The molecule has 10 nitrogen and oxygen atoms in total. The summed E-state index contributed by atoms with van der Waals surface area (Å²) < 4.78 is 38.3. The van der Waals surface area contributed by atoms with Crippen molar-refractivity contribution in [3.05, 3.63) is 59.7 Å².